The van der Waals surface area contributed by atoms with Crippen LogP contribution in [0.25, 0.3) is 0 Å². The molecule has 0 aromatic heterocycles. The smallest absolute Gasteiger partial charge is 0.305 e. The summed E-state index contributed by atoms with van der Waals surface area (Å²) in [5, 5.41) is 0. The Kier molecular flexibility index (Phi) is 6.52. The molecule has 9 atom stereocenters. The van der Waals surface area contributed by atoms with Gasteiger partial charge < -0.3 is 9.47 Å². The van der Waals surface area contributed by atoms with Gasteiger partial charge in [-0.05, 0) is 86.4 Å². The SMILES string of the molecule is COC(=O)CC[C@@H](C)[C@H]1CC[C@H]2[C@@H]3CC[C@@H]4C[C@H](OC(C)=O)CC[C@]4(C)[C@H]3C(=O)C(=O)[C@]12C. The Morgan fingerprint density at radius 1 is 1.09 bits per heavy atom. The zero-order valence-corrected chi connectivity index (χ0v) is 20.9. The van der Waals surface area contributed by atoms with Gasteiger partial charge in [0.1, 0.15) is 6.10 Å². The van der Waals surface area contributed by atoms with Crippen molar-refractivity contribution in [3.05, 3.63) is 0 Å². The number of ketones is 2. The first-order valence-corrected chi connectivity index (χ1v) is 12.9. The maximum absolute atomic E-state index is 13.8. The quantitative estimate of drug-likeness (QED) is 0.443. The molecular formula is C27H40O6. The van der Waals surface area contributed by atoms with Gasteiger partial charge in [0.2, 0.25) is 11.6 Å². The van der Waals surface area contributed by atoms with Crippen LogP contribution in [0.2, 0.25) is 0 Å². The molecule has 4 aliphatic rings. The molecule has 0 spiro atoms. The molecule has 0 amide bonds. The Morgan fingerprint density at radius 3 is 2.48 bits per heavy atom. The Bertz CT molecular complexity index is 834. The summed E-state index contributed by atoms with van der Waals surface area (Å²) in [4.78, 5) is 50.8. The monoisotopic (exact) mass is 460 g/mol. The van der Waals surface area contributed by atoms with Crippen LogP contribution in [0.1, 0.15) is 85.5 Å². The van der Waals surface area contributed by atoms with E-state index in [1.807, 2.05) is 6.92 Å². The number of hydrogen-bond acceptors (Lipinski definition) is 6. The van der Waals surface area contributed by atoms with Gasteiger partial charge in [-0.1, -0.05) is 20.8 Å². The van der Waals surface area contributed by atoms with Crippen molar-refractivity contribution in [1.82, 2.24) is 0 Å². The van der Waals surface area contributed by atoms with Crippen LogP contribution in [0, 0.1) is 46.3 Å². The van der Waals surface area contributed by atoms with Crippen LogP contribution in [0.4, 0.5) is 0 Å². The van der Waals surface area contributed by atoms with Crippen LogP contribution in [-0.2, 0) is 28.7 Å². The summed E-state index contributed by atoms with van der Waals surface area (Å²) in [7, 11) is 1.40. The van der Waals surface area contributed by atoms with Crippen LogP contribution in [0.3, 0.4) is 0 Å². The minimum atomic E-state index is -0.619. The number of Topliss-reactive ketones (excluding diaryl/α,β-unsaturated/α-hetero) is 2. The predicted molar refractivity (Wildman–Crippen MR) is 122 cm³/mol. The Balaban J connectivity index is 1.56. The predicted octanol–water partition coefficient (Wildman–Crippen LogP) is 4.52. The van der Waals surface area contributed by atoms with Crippen molar-refractivity contribution in [1.29, 1.82) is 0 Å². The second-order valence-electron chi connectivity index (χ2n) is 11.8. The number of rotatable bonds is 5. The van der Waals surface area contributed by atoms with Gasteiger partial charge >= 0.3 is 11.9 Å². The summed E-state index contributed by atoms with van der Waals surface area (Å²) in [5.74, 6) is 0.158. The summed E-state index contributed by atoms with van der Waals surface area (Å²) in [6, 6.07) is 0. The number of esters is 2. The third-order valence-electron chi connectivity index (χ3n) is 10.4. The van der Waals surface area contributed by atoms with Crippen molar-refractivity contribution in [2.24, 2.45) is 46.3 Å². The Morgan fingerprint density at radius 2 is 1.82 bits per heavy atom. The number of carbonyl (C=O) groups excluding carboxylic acids is 4. The number of hydrogen-bond donors (Lipinski definition) is 0. The lowest BCUT2D eigenvalue weighted by atomic mass is 9.43. The van der Waals surface area contributed by atoms with E-state index in [2.05, 4.69) is 13.8 Å². The molecule has 0 aliphatic heterocycles. The normalized spacial score (nSPS) is 43.2. The van der Waals surface area contributed by atoms with Crippen LogP contribution in [0.5, 0.6) is 0 Å². The van der Waals surface area contributed by atoms with Crippen molar-refractivity contribution < 1.29 is 28.7 Å². The van der Waals surface area contributed by atoms with Crippen LogP contribution in [-0.4, -0.2) is 36.7 Å². The zero-order chi connectivity index (χ0) is 24.1. The minimum absolute atomic E-state index is 0.0664. The van der Waals surface area contributed by atoms with Crippen molar-refractivity contribution in [2.75, 3.05) is 7.11 Å². The summed E-state index contributed by atoms with van der Waals surface area (Å²) < 4.78 is 10.3. The van der Waals surface area contributed by atoms with Crippen LogP contribution in [0.15, 0.2) is 0 Å². The third-order valence-corrected chi connectivity index (χ3v) is 10.4. The second-order valence-corrected chi connectivity index (χ2v) is 11.8. The van der Waals surface area contributed by atoms with Crippen LogP contribution < -0.4 is 0 Å². The van der Waals surface area contributed by atoms with Crippen LogP contribution >= 0.6 is 0 Å². The molecule has 33 heavy (non-hydrogen) atoms. The molecule has 4 saturated carbocycles. The maximum atomic E-state index is 13.8. The molecular weight excluding hydrogens is 420 g/mol. The fraction of sp³-hybridized carbons (Fsp3) is 0.852. The average Bonchev–Trinajstić information content (AvgIpc) is 3.13. The van der Waals surface area contributed by atoms with E-state index in [0.29, 0.717) is 18.8 Å². The standard InChI is InChI=1S/C27H40O6/c1-15(6-11-22(29)32-5)20-9-10-21-19-8-7-17-14-18(33-16(2)28)12-13-26(17,3)23(19)24(30)25(31)27(20,21)4/h15,17-21,23H,6-14H2,1-5H3/t15-,17-,18-,19+,20-,21+,23-,26+,27-/m1/s1. The highest BCUT2D eigenvalue weighted by Gasteiger charge is 2.67. The largest absolute Gasteiger partial charge is 0.469 e. The fourth-order valence-electron chi connectivity index (χ4n) is 8.72. The Hall–Kier alpha value is -1.72. The number of carbonyl (C=O) groups is 4. The van der Waals surface area contributed by atoms with Gasteiger partial charge in [-0.25, -0.2) is 0 Å². The lowest BCUT2D eigenvalue weighted by molar-refractivity contribution is -0.175. The van der Waals surface area contributed by atoms with Gasteiger partial charge in [0.05, 0.1) is 7.11 Å². The van der Waals surface area contributed by atoms with E-state index in [0.717, 1.165) is 44.9 Å². The van der Waals surface area contributed by atoms with Gasteiger partial charge in [0.25, 0.3) is 0 Å². The molecule has 4 fully saturated rings. The second kappa shape index (κ2) is 8.81. The molecule has 0 aromatic carbocycles. The molecule has 0 unspecified atom stereocenters. The molecule has 6 nitrogen and oxygen atoms in total. The highest BCUT2D eigenvalue weighted by atomic mass is 16.5. The summed E-state index contributed by atoms with van der Waals surface area (Å²) in [6.45, 7) is 7.85. The summed E-state index contributed by atoms with van der Waals surface area (Å²) in [6.07, 6.45) is 7.32. The van der Waals surface area contributed by atoms with Crippen molar-refractivity contribution in [3.63, 3.8) is 0 Å². The van der Waals surface area contributed by atoms with Gasteiger partial charge in [0, 0.05) is 24.7 Å². The van der Waals surface area contributed by atoms with E-state index in [9.17, 15) is 19.2 Å². The summed E-state index contributed by atoms with van der Waals surface area (Å²) >= 11 is 0. The molecule has 6 heteroatoms. The molecule has 0 radical (unpaired) electrons. The fourth-order valence-corrected chi connectivity index (χ4v) is 8.72. The highest BCUT2D eigenvalue weighted by Crippen LogP contribution is 2.66. The molecule has 0 aromatic rings. The van der Waals surface area contributed by atoms with Gasteiger partial charge in [0.15, 0.2) is 0 Å². The number of fused-ring (bicyclic) bond motifs is 5. The molecule has 4 aliphatic carbocycles. The molecule has 0 heterocycles. The lowest BCUT2D eigenvalue weighted by Crippen LogP contribution is -2.62. The lowest BCUT2D eigenvalue weighted by Gasteiger charge is -2.59. The zero-order valence-electron chi connectivity index (χ0n) is 20.9. The molecule has 184 valence electrons. The van der Waals surface area contributed by atoms with E-state index < -0.39 is 5.41 Å². The molecule has 0 N–H and O–H groups in total. The van der Waals surface area contributed by atoms with E-state index in [1.165, 1.54) is 14.0 Å². The Labute approximate surface area is 197 Å². The van der Waals surface area contributed by atoms with Crippen molar-refractivity contribution >= 4 is 23.5 Å². The topological polar surface area (TPSA) is 86.7 Å². The van der Waals surface area contributed by atoms with E-state index in [1.54, 1.807) is 0 Å². The first-order valence-electron chi connectivity index (χ1n) is 12.9. The first-order chi connectivity index (χ1) is 15.5. The van der Waals surface area contributed by atoms with Gasteiger partial charge in [-0.2, -0.15) is 0 Å². The highest BCUT2D eigenvalue weighted by molar-refractivity contribution is 6.41. The van der Waals surface area contributed by atoms with Crippen molar-refractivity contribution in [3.8, 4) is 0 Å². The van der Waals surface area contributed by atoms with Gasteiger partial charge in [-0.3, -0.25) is 19.2 Å². The van der Waals surface area contributed by atoms with E-state index >= 15 is 0 Å². The minimum Gasteiger partial charge on any atom is -0.469 e. The third kappa shape index (κ3) is 3.85. The van der Waals surface area contributed by atoms with Gasteiger partial charge in [-0.15, -0.1) is 0 Å². The number of ether oxygens (including phenoxy) is 2. The number of methoxy groups -OCH3 is 1. The summed E-state index contributed by atoms with van der Waals surface area (Å²) in [5.41, 5.74) is -0.811. The molecule has 4 rings (SSSR count). The molecule has 0 saturated heterocycles. The molecule has 0 bridgehead atoms. The van der Waals surface area contributed by atoms with Crippen molar-refractivity contribution in [2.45, 2.75) is 91.6 Å². The first kappa shape index (κ1) is 24.4. The maximum Gasteiger partial charge on any atom is 0.305 e. The van der Waals surface area contributed by atoms with E-state index in [4.69, 9.17) is 9.47 Å². The van der Waals surface area contributed by atoms with E-state index in [-0.39, 0.29) is 64.6 Å². The average molecular weight is 461 g/mol.